The van der Waals surface area contributed by atoms with E-state index in [-0.39, 0.29) is 6.10 Å². The van der Waals surface area contributed by atoms with Gasteiger partial charge < -0.3 is 9.84 Å². The molecule has 0 saturated carbocycles. The van der Waals surface area contributed by atoms with Gasteiger partial charge in [0.15, 0.2) is 0 Å². The smallest absolute Gasteiger partial charge is 0.336 e. The molecule has 0 aromatic heterocycles. The first kappa shape index (κ1) is 14.0. The fraction of sp³-hybridized carbons (Fsp3) is 0.364. The van der Waals surface area contributed by atoms with E-state index in [4.69, 9.17) is 9.84 Å². The van der Waals surface area contributed by atoms with Crippen molar-refractivity contribution in [2.75, 3.05) is 0 Å². The molecular formula is C11H12I2O3. The van der Waals surface area contributed by atoms with Crippen LogP contribution in [0.2, 0.25) is 0 Å². The fourth-order valence-corrected chi connectivity index (χ4v) is 3.19. The largest absolute Gasteiger partial charge is 0.489 e. The average molecular weight is 446 g/mol. The van der Waals surface area contributed by atoms with Crippen molar-refractivity contribution < 1.29 is 14.6 Å². The van der Waals surface area contributed by atoms with Crippen LogP contribution in [-0.4, -0.2) is 17.2 Å². The number of aromatic carboxylic acids is 1. The number of carboxylic acids is 1. The van der Waals surface area contributed by atoms with Crippen LogP contribution in [0.1, 0.15) is 29.8 Å². The van der Waals surface area contributed by atoms with Crippen LogP contribution in [0.25, 0.3) is 0 Å². The van der Waals surface area contributed by atoms with Crippen molar-refractivity contribution in [3.05, 3.63) is 24.3 Å². The second kappa shape index (κ2) is 5.52. The Hall–Kier alpha value is -0.0500. The van der Waals surface area contributed by atoms with Crippen molar-refractivity contribution in [2.24, 2.45) is 0 Å². The van der Waals surface area contributed by atoms with Crippen LogP contribution in [0.3, 0.4) is 0 Å². The van der Waals surface area contributed by atoms with E-state index >= 15 is 0 Å². The second-order valence-corrected chi connectivity index (χ2v) is 5.89. The second-order valence-electron chi connectivity index (χ2n) is 3.65. The van der Waals surface area contributed by atoms with Gasteiger partial charge in [-0.15, -0.1) is 0 Å². The average Bonchev–Trinajstić information content (AvgIpc) is 2.17. The molecule has 0 saturated heterocycles. The van der Waals surface area contributed by atoms with Crippen molar-refractivity contribution in [1.82, 2.24) is 0 Å². The number of carboxylic acid groups (broad SMARTS) is 1. The molecule has 0 bridgehead atoms. The standard InChI is InChI=1S/C11H12I2O3/c1-5(2)16-10-8(12)4-7(11(14)15)6(3)9(10)13/h4-5H,1-3H3,(H,14,15). The first-order valence-corrected chi connectivity index (χ1v) is 6.89. The third kappa shape index (κ3) is 2.99. The summed E-state index contributed by atoms with van der Waals surface area (Å²) in [5.41, 5.74) is 1.09. The van der Waals surface area contributed by atoms with Gasteiger partial charge in [-0.2, -0.15) is 0 Å². The zero-order valence-electron chi connectivity index (χ0n) is 9.17. The minimum absolute atomic E-state index is 0.0807. The van der Waals surface area contributed by atoms with Crippen molar-refractivity contribution in [3.63, 3.8) is 0 Å². The Kier molecular flexibility index (Phi) is 4.84. The molecule has 0 unspecified atom stereocenters. The third-order valence-electron chi connectivity index (χ3n) is 2.00. The van der Waals surface area contributed by atoms with Gasteiger partial charge in [-0.25, -0.2) is 4.79 Å². The molecule has 0 spiro atoms. The molecule has 5 heteroatoms. The molecule has 1 aromatic rings. The molecule has 0 fully saturated rings. The number of hydrogen-bond acceptors (Lipinski definition) is 2. The van der Waals surface area contributed by atoms with Gasteiger partial charge in [0, 0.05) is 0 Å². The summed E-state index contributed by atoms with van der Waals surface area (Å²) in [6.45, 7) is 5.70. The summed E-state index contributed by atoms with van der Waals surface area (Å²) in [5, 5.41) is 9.04. The summed E-state index contributed by atoms with van der Waals surface area (Å²) in [6.07, 6.45) is 0.0807. The van der Waals surface area contributed by atoms with Crippen LogP contribution in [0.4, 0.5) is 0 Å². The maximum atomic E-state index is 11.0. The van der Waals surface area contributed by atoms with E-state index < -0.39 is 5.97 Å². The Bertz CT molecular complexity index is 428. The number of hydrogen-bond donors (Lipinski definition) is 1. The summed E-state index contributed by atoms with van der Waals surface area (Å²) in [7, 11) is 0. The summed E-state index contributed by atoms with van der Waals surface area (Å²) in [4.78, 5) is 11.0. The van der Waals surface area contributed by atoms with Gasteiger partial charge in [0.05, 0.1) is 18.8 Å². The molecule has 0 aliphatic rings. The fourth-order valence-electron chi connectivity index (χ4n) is 1.26. The highest BCUT2D eigenvalue weighted by atomic mass is 127. The Morgan fingerprint density at radius 1 is 1.44 bits per heavy atom. The van der Waals surface area contributed by atoms with Gasteiger partial charge in [0.1, 0.15) is 5.75 Å². The van der Waals surface area contributed by atoms with Crippen LogP contribution in [0.15, 0.2) is 6.07 Å². The van der Waals surface area contributed by atoms with Gasteiger partial charge >= 0.3 is 5.97 Å². The quantitative estimate of drug-likeness (QED) is 0.722. The molecule has 0 aliphatic heterocycles. The van der Waals surface area contributed by atoms with Gasteiger partial charge in [-0.1, -0.05) is 0 Å². The third-order valence-corrected chi connectivity index (χ3v) is 4.10. The lowest BCUT2D eigenvalue weighted by Crippen LogP contribution is -2.11. The van der Waals surface area contributed by atoms with Crippen molar-refractivity contribution in [2.45, 2.75) is 26.9 Å². The van der Waals surface area contributed by atoms with E-state index in [0.29, 0.717) is 5.56 Å². The van der Waals surface area contributed by atoms with Crippen molar-refractivity contribution in [3.8, 4) is 5.75 Å². The van der Waals surface area contributed by atoms with E-state index in [9.17, 15) is 4.79 Å². The molecule has 0 aliphatic carbocycles. The highest BCUT2D eigenvalue weighted by molar-refractivity contribution is 14.1. The minimum Gasteiger partial charge on any atom is -0.489 e. The molecule has 1 N–H and O–H groups in total. The van der Waals surface area contributed by atoms with E-state index in [1.165, 1.54) is 0 Å². The summed E-state index contributed by atoms with van der Waals surface area (Å²) < 4.78 is 7.39. The number of ether oxygens (including phenoxy) is 1. The summed E-state index contributed by atoms with van der Waals surface area (Å²) >= 11 is 4.23. The molecule has 0 atom stereocenters. The Morgan fingerprint density at radius 3 is 2.44 bits per heavy atom. The van der Waals surface area contributed by atoms with Crippen LogP contribution in [0, 0.1) is 14.1 Å². The Labute approximate surface area is 122 Å². The van der Waals surface area contributed by atoms with Crippen LogP contribution in [0.5, 0.6) is 5.75 Å². The first-order chi connectivity index (χ1) is 7.34. The van der Waals surface area contributed by atoms with E-state index in [1.54, 1.807) is 13.0 Å². The maximum Gasteiger partial charge on any atom is 0.336 e. The van der Waals surface area contributed by atoms with Crippen LogP contribution >= 0.6 is 45.2 Å². The number of halogens is 2. The number of benzene rings is 1. The first-order valence-electron chi connectivity index (χ1n) is 4.73. The van der Waals surface area contributed by atoms with Gasteiger partial charge in [-0.05, 0) is 77.6 Å². The normalized spacial score (nSPS) is 10.6. The lowest BCUT2D eigenvalue weighted by atomic mass is 10.1. The number of rotatable bonds is 3. The predicted octanol–water partition coefficient (Wildman–Crippen LogP) is 3.69. The molecule has 0 amide bonds. The molecule has 1 rings (SSSR count). The van der Waals surface area contributed by atoms with Gasteiger partial charge in [0.2, 0.25) is 0 Å². The highest BCUT2D eigenvalue weighted by Crippen LogP contribution is 2.33. The number of carbonyl (C=O) groups is 1. The molecule has 1 aromatic carbocycles. The highest BCUT2D eigenvalue weighted by Gasteiger charge is 2.17. The van der Waals surface area contributed by atoms with Crippen LogP contribution in [-0.2, 0) is 0 Å². The van der Waals surface area contributed by atoms with E-state index in [2.05, 4.69) is 45.2 Å². The summed E-state index contributed by atoms with van der Waals surface area (Å²) in [5.74, 6) is -0.122. The molecule has 88 valence electrons. The maximum absolute atomic E-state index is 11.0. The zero-order valence-corrected chi connectivity index (χ0v) is 13.5. The topological polar surface area (TPSA) is 46.5 Å². The minimum atomic E-state index is -0.899. The van der Waals surface area contributed by atoms with E-state index in [0.717, 1.165) is 18.5 Å². The van der Waals surface area contributed by atoms with Gasteiger partial charge in [-0.3, -0.25) is 0 Å². The van der Waals surface area contributed by atoms with Crippen LogP contribution < -0.4 is 4.74 Å². The SMILES string of the molecule is Cc1c(C(=O)O)cc(I)c(OC(C)C)c1I. The zero-order chi connectivity index (χ0) is 12.5. The lowest BCUT2D eigenvalue weighted by molar-refractivity contribution is 0.0696. The monoisotopic (exact) mass is 446 g/mol. The van der Waals surface area contributed by atoms with Crippen molar-refractivity contribution >= 4 is 51.2 Å². The summed E-state index contributed by atoms with van der Waals surface area (Å²) in [6, 6.07) is 1.65. The Morgan fingerprint density at radius 2 is 2.00 bits per heavy atom. The predicted molar refractivity (Wildman–Crippen MR) is 79.3 cm³/mol. The molecule has 3 nitrogen and oxygen atoms in total. The molecule has 16 heavy (non-hydrogen) atoms. The Balaban J connectivity index is 3.34. The lowest BCUT2D eigenvalue weighted by Gasteiger charge is -2.16. The molecule has 0 radical (unpaired) electrons. The van der Waals surface area contributed by atoms with Crippen molar-refractivity contribution in [1.29, 1.82) is 0 Å². The molecule has 0 heterocycles. The molecular weight excluding hydrogens is 434 g/mol. The van der Waals surface area contributed by atoms with E-state index in [1.807, 2.05) is 13.8 Å². The van der Waals surface area contributed by atoms with Gasteiger partial charge in [0.25, 0.3) is 0 Å².